The molecule has 4 rings (SSSR count). The number of benzene rings is 2. The van der Waals surface area contributed by atoms with Gasteiger partial charge in [-0.15, -0.1) is 0 Å². The molecule has 0 spiro atoms. The Morgan fingerprint density at radius 3 is 2.29 bits per heavy atom. The fourth-order valence-electron chi connectivity index (χ4n) is 4.00. The van der Waals surface area contributed by atoms with Crippen LogP contribution in [0.25, 0.3) is 0 Å². The molecule has 3 atom stereocenters. The molecule has 0 aromatic heterocycles. The highest BCUT2D eigenvalue weighted by atomic mass is 16.6. The van der Waals surface area contributed by atoms with Crippen LogP contribution in [0.4, 0.5) is 0 Å². The molecule has 2 amide bonds. The molecule has 7 nitrogen and oxygen atoms in total. The van der Waals surface area contributed by atoms with Crippen LogP contribution < -0.4 is 14.8 Å². The minimum atomic E-state index is -0.631. The van der Waals surface area contributed by atoms with Gasteiger partial charge in [0.2, 0.25) is 12.0 Å². The Morgan fingerprint density at radius 1 is 0.935 bits per heavy atom. The van der Waals surface area contributed by atoms with E-state index in [4.69, 9.17) is 9.47 Å². The van der Waals surface area contributed by atoms with Gasteiger partial charge in [-0.25, -0.2) is 0 Å². The predicted molar refractivity (Wildman–Crippen MR) is 117 cm³/mol. The van der Waals surface area contributed by atoms with Gasteiger partial charge in [-0.1, -0.05) is 42.5 Å². The number of piperazine rings is 1. The van der Waals surface area contributed by atoms with E-state index < -0.39 is 6.10 Å². The number of amides is 2. The molecule has 0 radical (unpaired) electrons. The molecular formula is C24H29N3O4. The van der Waals surface area contributed by atoms with Crippen molar-refractivity contribution in [3.05, 3.63) is 60.2 Å². The molecule has 1 fully saturated rings. The summed E-state index contributed by atoms with van der Waals surface area (Å²) in [6.07, 6.45) is -0.631. The highest BCUT2D eigenvalue weighted by Crippen LogP contribution is 2.31. The third kappa shape index (κ3) is 4.82. The number of ether oxygens (including phenoxy) is 2. The van der Waals surface area contributed by atoms with Gasteiger partial charge in [0.15, 0.2) is 11.5 Å². The van der Waals surface area contributed by atoms with Gasteiger partial charge in [0.25, 0.3) is 5.91 Å². The molecule has 0 unspecified atom stereocenters. The molecule has 0 aliphatic carbocycles. The van der Waals surface area contributed by atoms with Crippen LogP contribution in [0.15, 0.2) is 54.6 Å². The maximum atomic E-state index is 12.9. The van der Waals surface area contributed by atoms with E-state index in [1.54, 1.807) is 4.90 Å². The molecule has 0 saturated carbocycles. The van der Waals surface area contributed by atoms with Crippen molar-refractivity contribution in [1.29, 1.82) is 0 Å². The van der Waals surface area contributed by atoms with E-state index in [0.717, 1.165) is 5.56 Å². The van der Waals surface area contributed by atoms with Gasteiger partial charge in [0.05, 0.1) is 12.1 Å². The van der Waals surface area contributed by atoms with Crippen LogP contribution in [-0.2, 0) is 9.59 Å². The Morgan fingerprint density at radius 2 is 1.58 bits per heavy atom. The van der Waals surface area contributed by atoms with Gasteiger partial charge >= 0.3 is 0 Å². The summed E-state index contributed by atoms with van der Waals surface area (Å²) in [5, 5.41) is 3.09. The van der Waals surface area contributed by atoms with Crippen LogP contribution in [0, 0.1) is 0 Å². The molecular weight excluding hydrogens is 394 g/mol. The third-order valence-electron chi connectivity index (χ3n) is 6.00. The van der Waals surface area contributed by atoms with Crippen molar-refractivity contribution in [2.45, 2.75) is 32.0 Å². The minimum absolute atomic E-state index is 0.00301. The number of rotatable bonds is 5. The lowest BCUT2D eigenvalue weighted by Gasteiger charge is -2.39. The molecule has 2 heterocycles. The fourth-order valence-corrected chi connectivity index (χ4v) is 4.00. The summed E-state index contributed by atoms with van der Waals surface area (Å²) in [4.78, 5) is 29.6. The van der Waals surface area contributed by atoms with E-state index in [-0.39, 0.29) is 30.5 Å². The molecule has 2 aliphatic heterocycles. The third-order valence-corrected chi connectivity index (χ3v) is 6.00. The number of nitrogens with zero attached hydrogens (tertiary/aromatic N) is 2. The van der Waals surface area contributed by atoms with Gasteiger partial charge in [0, 0.05) is 26.2 Å². The second-order valence-electron chi connectivity index (χ2n) is 8.04. The monoisotopic (exact) mass is 423 g/mol. The minimum Gasteiger partial charge on any atom is -0.485 e. The number of nitrogens with one attached hydrogen (secondary N) is 1. The molecule has 164 valence electrons. The summed E-state index contributed by atoms with van der Waals surface area (Å²) < 4.78 is 11.5. The average molecular weight is 424 g/mol. The lowest BCUT2D eigenvalue weighted by molar-refractivity contribution is -0.143. The maximum Gasteiger partial charge on any atom is 0.267 e. The van der Waals surface area contributed by atoms with E-state index in [1.807, 2.05) is 68.4 Å². The first kappa shape index (κ1) is 21.2. The molecule has 0 bridgehead atoms. The number of para-hydroxylation sites is 2. The quantitative estimate of drug-likeness (QED) is 0.799. The fraction of sp³-hybridized carbons (Fsp3) is 0.417. The number of hydrogen-bond donors (Lipinski definition) is 1. The SMILES string of the molecule is C[C@H](NC(=O)[C@H](C)N1CCN(C(=O)[C@H]2COc3ccccc3O2)CC1)c1ccccc1. The largest absolute Gasteiger partial charge is 0.485 e. The summed E-state index contributed by atoms with van der Waals surface area (Å²) in [6.45, 7) is 6.53. The Labute approximate surface area is 182 Å². The first-order valence-electron chi connectivity index (χ1n) is 10.8. The summed E-state index contributed by atoms with van der Waals surface area (Å²) >= 11 is 0. The molecule has 2 aromatic rings. The van der Waals surface area contributed by atoms with Gasteiger partial charge < -0.3 is 19.7 Å². The number of carbonyl (C=O) groups is 2. The zero-order valence-corrected chi connectivity index (χ0v) is 18.0. The second-order valence-corrected chi connectivity index (χ2v) is 8.04. The van der Waals surface area contributed by atoms with Crippen molar-refractivity contribution < 1.29 is 19.1 Å². The van der Waals surface area contributed by atoms with Crippen LogP contribution >= 0.6 is 0 Å². The van der Waals surface area contributed by atoms with Gasteiger partial charge in [-0.05, 0) is 31.5 Å². The molecule has 31 heavy (non-hydrogen) atoms. The van der Waals surface area contributed by atoms with Crippen LogP contribution in [0.1, 0.15) is 25.5 Å². The Hall–Kier alpha value is -3.06. The van der Waals surface area contributed by atoms with E-state index in [1.165, 1.54) is 0 Å². The Balaban J connectivity index is 1.27. The molecule has 2 aromatic carbocycles. The molecule has 1 saturated heterocycles. The summed E-state index contributed by atoms with van der Waals surface area (Å²) in [7, 11) is 0. The van der Waals surface area contributed by atoms with Crippen molar-refractivity contribution in [3.8, 4) is 11.5 Å². The normalized spacial score (nSPS) is 20.6. The highest BCUT2D eigenvalue weighted by molar-refractivity contribution is 5.83. The van der Waals surface area contributed by atoms with Crippen LogP contribution in [0.2, 0.25) is 0 Å². The van der Waals surface area contributed by atoms with Crippen LogP contribution in [0.5, 0.6) is 11.5 Å². The topological polar surface area (TPSA) is 71.1 Å². The van der Waals surface area contributed by atoms with Crippen molar-refractivity contribution in [2.24, 2.45) is 0 Å². The van der Waals surface area contributed by atoms with Gasteiger partial charge in [0.1, 0.15) is 6.61 Å². The van der Waals surface area contributed by atoms with Gasteiger partial charge in [-0.3, -0.25) is 14.5 Å². The van der Waals surface area contributed by atoms with E-state index in [0.29, 0.717) is 37.7 Å². The van der Waals surface area contributed by atoms with Gasteiger partial charge in [-0.2, -0.15) is 0 Å². The summed E-state index contributed by atoms with van der Waals surface area (Å²) in [5.74, 6) is 1.20. The first-order chi connectivity index (χ1) is 15.0. The maximum absolute atomic E-state index is 12.9. The van der Waals surface area contributed by atoms with E-state index in [2.05, 4.69) is 10.2 Å². The average Bonchev–Trinajstić information content (AvgIpc) is 2.83. The zero-order chi connectivity index (χ0) is 21.8. The van der Waals surface area contributed by atoms with Crippen molar-refractivity contribution in [3.63, 3.8) is 0 Å². The summed E-state index contributed by atoms with van der Waals surface area (Å²) in [6, 6.07) is 17.0. The Bertz CT molecular complexity index is 912. The summed E-state index contributed by atoms with van der Waals surface area (Å²) in [5.41, 5.74) is 1.08. The van der Waals surface area contributed by atoms with Crippen LogP contribution in [-0.4, -0.2) is 66.5 Å². The van der Waals surface area contributed by atoms with E-state index in [9.17, 15) is 9.59 Å². The molecule has 7 heteroatoms. The lowest BCUT2D eigenvalue weighted by Crippen LogP contribution is -2.57. The zero-order valence-electron chi connectivity index (χ0n) is 18.0. The molecule has 2 aliphatic rings. The first-order valence-corrected chi connectivity index (χ1v) is 10.8. The smallest absolute Gasteiger partial charge is 0.267 e. The van der Waals surface area contributed by atoms with Crippen molar-refractivity contribution in [1.82, 2.24) is 15.1 Å². The standard InChI is InChI=1S/C24H29N3O4/c1-17(19-8-4-3-5-9-19)25-23(28)18(2)26-12-14-27(15-13-26)24(29)22-16-30-20-10-6-7-11-21(20)31-22/h3-11,17-18,22H,12-16H2,1-2H3,(H,25,28)/t17-,18-,22+/m0/s1. The second kappa shape index (κ2) is 9.39. The Kier molecular flexibility index (Phi) is 6.42. The highest BCUT2D eigenvalue weighted by Gasteiger charge is 2.34. The number of hydrogen-bond acceptors (Lipinski definition) is 5. The van der Waals surface area contributed by atoms with Crippen LogP contribution in [0.3, 0.4) is 0 Å². The predicted octanol–water partition coefficient (Wildman–Crippen LogP) is 2.24. The van der Waals surface area contributed by atoms with Crippen molar-refractivity contribution >= 4 is 11.8 Å². The molecule has 1 N–H and O–H groups in total. The number of carbonyl (C=O) groups excluding carboxylic acids is 2. The van der Waals surface area contributed by atoms with Crippen molar-refractivity contribution in [2.75, 3.05) is 32.8 Å². The lowest BCUT2D eigenvalue weighted by atomic mass is 10.1. The van der Waals surface area contributed by atoms with E-state index >= 15 is 0 Å². The number of fused-ring (bicyclic) bond motifs is 1.